The van der Waals surface area contributed by atoms with Gasteiger partial charge >= 0.3 is 0 Å². The van der Waals surface area contributed by atoms with Crippen LogP contribution in [0.3, 0.4) is 0 Å². The fourth-order valence-electron chi connectivity index (χ4n) is 1.85. The lowest BCUT2D eigenvalue weighted by Gasteiger charge is -2.18. The van der Waals surface area contributed by atoms with Crippen molar-refractivity contribution in [2.45, 2.75) is 19.9 Å². The maximum absolute atomic E-state index is 6.25. The van der Waals surface area contributed by atoms with Gasteiger partial charge in [0.25, 0.3) is 0 Å². The van der Waals surface area contributed by atoms with Crippen molar-refractivity contribution in [1.29, 1.82) is 0 Å². The van der Waals surface area contributed by atoms with Gasteiger partial charge in [-0.3, -0.25) is 0 Å². The molecule has 0 fully saturated rings. The molecule has 0 aliphatic heterocycles. The molecule has 1 unspecified atom stereocenters. The van der Waals surface area contributed by atoms with E-state index in [-0.39, 0.29) is 6.04 Å². The van der Waals surface area contributed by atoms with Crippen molar-refractivity contribution in [3.8, 4) is 0 Å². The Morgan fingerprint density at radius 2 is 1.95 bits per heavy atom. The topological polar surface area (TPSA) is 24.9 Å². The van der Waals surface area contributed by atoms with Crippen LogP contribution in [0.4, 0.5) is 5.69 Å². The highest BCUT2D eigenvalue weighted by molar-refractivity contribution is 9.10. The first-order chi connectivity index (χ1) is 8.97. The summed E-state index contributed by atoms with van der Waals surface area (Å²) in [6.45, 7) is 3.98. The molecule has 0 bridgehead atoms. The molecule has 5 heteroatoms. The van der Waals surface area contributed by atoms with Gasteiger partial charge in [-0.15, -0.1) is 0 Å². The SMILES string of the molecule is Cc1nc(Cl)ccc1NC(C)c1ccc(Br)cc1Cl. The first-order valence-electron chi connectivity index (χ1n) is 5.82. The molecule has 1 N–H and O–H groups in total. The molecule has 0 aliphatic carbocycles. The van der Waals surface area contributed by atoms with Gasteiger partial charge in [-0.2, -0.15) is 0 Å². The summed E-state index contributed by atoms with van der Waals surface area (Å²) in [7, 11) is 0. The van der Waals surface area contributed by atoms with Crippen LogP contribution in [0.2, 0.25) is 10.2 Å². The first kappa shape index (κ1) is 14.6. The second kappa shape index (κ2) is 6.12. The number of rotatable bonds is 3. The highest BCUT2D eigenvalue weighted by atomic mass is 79.9. The van der Waals surface area contributed by atoms with Gasteiger partial charge in [0.2, 0.25) is 0 Å². The summed E-state index contributed by atoms with van der Waals surface area (Å²) < 4.78 is 0.970. The molecule has 0 spiro atoms. The Morgan fingerprint density at radius 3 is 2.58 bits per heavy atom. The lowest BCUT2D eigenvalue weighted by molar-refractivity contribution is 0.879. The molecule has 0 amide bonds. The Hall–Kier alpha value is -0.770. The van der Waals surface area contributed by atoms with Gasteiger partial charge in [-0.25, -0.2) is 4.98 Å². The molecule has 1 heterocycles. The standard InChI is InChI=1S/C14H13BrCl2N2/c1-8(11-4-3-10(15)7-12(11)16)18-13-5-6-14(17)19-9(13)2/h3-8,18H,1-2H3. The second-order valence-electron chi connectivity index (χ2n) is 4.30. The summed E-state index contributed by atoms with van der Waals surface area (Å²) in [5.74, 6) is 0. The van der Waals surface area contributed by atoms with E-state index in [9.17, 15) is 0 Å². The summed E-state index contributed by atoms with van der Waals surface area (Å²) in [5, 5.41) is 4.62. The number of nitrogens with zero attached hydrogens (tertiary/aromatic N) is 1. The number of pyridine rings is 1. The van der Waals surface area contributed by atoms with Gasteiger partial charge in [0.15, 0.2) is 0 Å². The van der Waals surface area contributed by atoms with Crippen LogP contribution in [-0.2, 0) is 0 Å². The zero-order valence-corrected chi connectivity index (χ0v) is 13.6. The van der Waals surface area contributed by atoms with Crippen molar-refractivity contribution in [2.24, 2.45) is 0 Å². The van der Waals surface area contributed by atoms with Crippen molar-refractivity contribution >= 4 is 44.8 Å². The molecule has 2 rings (SSSR count). The molecule has 0 aliphatic rings. The van der Waals surface area contributed by atoms with Crippen molar-refractivity contribution in [3.05, 3.63) is 56.2 Å². The Bertz CT molecular complexity index is 602. The minimum Gasteiger partial charge on any atom is -0.377 e. The molecule has 2 aromatic rings. The van der Waals surface area contributed by atoms with E-state index >= 15 is 0 Å². The lowest BCUT2D eigenvalue weighted by Crippen LogP contribution is -2.08. The van der Waals surface area contributed by atoms with Crippen LogP contribution >= 0.6 is 39.1 Å². The molecular weight excluding hydrogens is 347 g/mol. The first-order valence-corrected chi connectivity index (χ1v) is 7.37. The van der Waals surface area contributed by atoms with Crippen LogP contribution in [0.1, 0.15) is 24.2 Å². The second-order valence-corrected chi connectivity index (χ2v) is 6.01. The molecule has 100 valence electrons. The summed E-state index contributed by atoms with van der Waals surface area (Å²) in [5.41, 5.74) is 2.86. The van der Waals surface area contributed by atoms with Crippen LogP contribution < -0.4 is 5.32 Å². The highest BCUT2D eigenvalue weighted by Crippen LogP contribution is 2.29. The lowest BCUT2D eigenvalue weighted by atomic mass is 10.1. The summed E-state index contributed by atoms with van der Waals surface area (Å²) >= 11 is 15.5. The predicted octanol–water partition coefficient (Wildman–Crippen LogP) is 5.63. The zero-order chi connectivity index (χ0) is 14.0. The maximum Gasteiger partial charge on any atom is 0.129 e. The largest absolute Gasteiger partial charge is 0.377 e. The smallest absolute Gasteiger partial charge is 0.129 e. The fourth-order valence-corrected chi connectivity index (χ4v) is 2.87. The third-order valence-corrected chi connectivity index (χ3v) is 3.88. The zero-order valence-electron chi connectivity index (χ0n) is 10.5. The Balaban J connectivity index is 2.23. The fraction of sp³-hybridized carbons (Fsp3) is 0.214. The van der Waals surface area contributed by atoms with Gasteiger partial charge in [-0.1, -0.05) is 45.2 Å². The van der Waals surface area contributed by atoms with Gasteiger partial charge in [0.05, 0.1) is 17.4 Å². The van der Waals surface area contributed by atoms with E-state index in [1.807, 2.05) is 31.2 Å². The highest BCUT2D eigenvalue weighted by Gasteiger charge is 2.11. The van der Waals surface area contributed by atoms with Crippen LogP contribution in [-0.4, -0.2) is 4.98 Å². The molecule has 2 nitrogen and oxygen atoms in total. The number of aromatic nitrogens is 1. The van der Waals surface area contributed by atoms with E-state index in [4.69, 9.17) is 23.2 Å². The van der Waals surface area contributed by atoms with E-state index in [1.165, 1.54) is 0 Å². The Morgan fingerprint density at radius 1 is 1.21 bits per heavy atom. The number of nitrogens with one attached hydrogen (secondary N) is 1. The molecule has 0 radical (unpaired) electrons. The van der Waals surface area contributed by atoms with Gasteiger partial charge < -0.3 is 5.32 Å². The van der Waals surface area contributed by atoms with Crippen molar-refractivity contribution in [2.75, 3.05) is 5.32 Å². The minimum absolute atomic E-state index is 0.0854. The van der Waals surface area contributed by atoms with Gasteiger partial charge in [-0.05, 0) is 43.7 Å². The Labute approximate surface area is 131 Å². The van der Waals surface area contributed by atoms with E-state index in [0.29, 0.717) is 5.15 Å². The number of anilines is 1. The molecule has 0 saturated carbocycles. The average Bonchev–Trinajstić information content (AvgIpc) is 2.32. The van der Waals surface area contributed by atoms with Crippen LogP contribution in [0, 0.1) is 6.92 Å². The predicted molar refractivity (Wildman–Crippen MR) is 85.2 cm³/mol. The van der Waals surface area contributed by atoms with Gasteiger partial charge in [0, 0.05) is 9.50 Å². The molecule has 1 atom stereocenters. The van der Waals surface area contributed by atoms with Crippen molar-refractivity contribution in [3.63, 3.8) is 0 Å². The van der Waals surface area contributed by atoms with E-state index in [0.717, 1.165) is 26.4 Å². The average molecular weight is 360 g/mol. The normalized spacial score (nSPS) is 12.3. The van der Waals surface area contributed by atoms with Crippen molar-refractivity contribution < 1.29 is 0 Å². The molecule has 0 saturated heterocycles. The van der Waals surface area contributed by atoms with Gasteiger partial charge in [0.1, 0.15) is 5.15 Å². The van der Waals surface area contributed by atoms with Crippen LogP contribution in [0.25, 0.3) is 0 Å². The van der Waals surface area contributed by atoms with Crippen LogP contribution in [0.15, 0.2) is 34.8 Å². The molecular formula is C14H13BrCl2N2. The molecule has 1 aromatic carbocycles. The van der Waals surface area contributed by atoms with E-state index in [1.54, 1.807) is 6.07 Å². The monoisotopic (exact) mass is 358 g/mol. The van der Waals surface area contributed by atoms with Crippen LogP contribution in [0.5, 0.6) is 0 Å². The summed E-state index contributed by atoms with van der Waals surface area (Å²) in [6, 6.07) is 9.65. The summed E-state index contributed by atoms with van der Waals surface area (Å²) in [6.07, 6.45) is 0. The number of hydrogen-bond acceptors (Lipinski definition) is 2. The number of aryl methyl sites for hydroxylation is 1. The summed E-state index contributed by atoms with van der Waals surface area (Å²) in [4.78, 5) is 4.22. The quantitative estimate of drug-likeness (QED) is 0.718. The van der Waals surface area contributed by atoms with Crippen molar-refractivity contribution in [1.82, 2.24) is 4.98 Å². The number of hydrogen-bond donors (Lipinski definition) is 1. The van der Waals surface area contributed by atoms with E-state index in [2.05, 4.69) is 33.2 Å². The molecule has 19 heavy (non-hydrogen) atoms. The third-order valence-electron chi connectivity index (χ3n) is 2.85. The minimum atomic E-state index is 0.0854. The Kier molecular flexibility index (Phi) is 4.71. The molecule has 1 aromatic heterocycles. The number of halogens is 3. The number of benzene rings is 1. The maximum atomic E-state index is 6.25. The van der Waals surface area contributed by atoms with E-state index < -0.39 is 0 Å². The third kappa shape index (κ3) is 3.62.